The highest BCUT2D eigenvalue weighted by Crippen LogP contribution is 2.35. The van der Waals surface area contributed by atoms with Crippen LogP contribution in [0.5, 0.6) is 0 Å². The van der Waals surface area contributed by atoms with Crippen molar-refractivity contribution in [3.63, 3.8) is 0 Å². The molecule has 9 nitrogen and oxygen atoms in total. The molecule has 0 bridgehead atoms. The zero-order valence-corrected chi connectivity index (χ0v) is 17.2. The van der Waals surface area contributed by atoms with Gasteiger partial charge in [0.15, 0.2) is 0 Å². The summed E-state index contributed by atoms with van der Waals surface area (Å²) in [6.45, 7) is 5.29. The zero-order valence-electron chi connectivity index (χ0n) is 17.2. The number of ether oxygens (including phenoxy) is 2. The molecule has 1 amide bonds. The Morgan fingerprint density at radius 3 is 2.55 bits per heavy atom. The number of hydrogen-bond acceptors (Lipinski definition) is 6. The third-order valence-corrected chi connectivity index (χ3v) is 6.00. The van der Waals surface area contributed by atoms with Crippen LogP contribution in [0.3, 0.4) is 0 Å². The van der Waals surface area contributed by atoms with Gasteiger partial charge in [0.1, 0.15) is 5.69 Å². The van der Waals surface area contributed by atoms with Gasteiger partial charge in [-0.25, -0.2) is 4.79 Å². The Morgan fingerprint density at radius 2 is 1.97 bits per heavy atom. The van der Waals surface area contributed by atoms with Crippen molar-refractivity contribution in [2.45, 2.75) is 31.2 Å². The number of alkyl halides is 3. The molecule has 1 aromatic heterocycles. The molecule has 3 saturated heterocycles. The van der Waals surface area contributed by atoms with Crippen molar-refractivity contribution in [3.8, 4) is 0 Å². The topological polar surface area (TPSA) is 106 Å². The monoisotopic (exact) mass is 448 g/mol. The second-order valence-corrected chi connectivity index (χ2v) is 7.95. The number of hydrogen-bond donors (Lipinski definition) is 2. The molecule has 4 rings (SSSR count). The fourth-order valence-corrected chi connectivity index (χ4v) is 4.30. The van der Waals surface area contributed by atoms with Gasteiger partial charge >= 0.3 is 12.1 Å². The number of carbonyl (C=O) groups is 2. The van der Waals surface area contributed by atoms with E-state index < -0.39 is 12.1 Å². The van der Waals surface area contributed by atoms with Gasteiger partial charge in [0.2, 0.25) is 0 Å². The third kappa shape index (κ3) is 5.95. The smallest absolute Gasteiger partial charge is 0.475 e. The summed E-state index contributed by atoms with van der Waals surface area (Å²) < 4.78 is 44.8. The summed E-state index contributed by atoms with van der Waals surface area (Å²) in [5.74, 6) is -1.89. The van der Waals surface area contributed by atoms with Gasteiger partial charge in [-0.1, -0.05) is 0 Å². The molecule has 0 spiro atoms. The number of nitrogens with zero attached hydrogens (tertiary/aromatic N) is 3. The molecule has 0 aromatic carbocycles. The first kappa shape index (κ1) is 23.5. The van der Waals surface area contributed by atoms with E-state index in [1.165, 1.54) is 0 Å². The number of carboxylic acids is 1. The molecule has 0 radical (unpaired) electrons. The fourth-order valence-electron chi connectivity index (χ4n) is 4.30. The van der Waals surface area contributed by atoms with E-state index in [1.807, 2.05) is 0 Å². The van der Waals surface area contributed by atoms with E-state index >= 15 is 0 Å². The molecule has 4 heterocycles. The number of amides is 1. The van der Waals surface area contributed by atoms with Crippen LogP contribution in [0, 0.1) is 11.8 Å². The average molecular weight is 448 g/mol. The van der Waals surface area contributed by atoms with E-state index in [1.54, 1.807) is 24.0 Å². The second-order valence-electron chi connectivity index (χ2n) is 7.95. The summed E-state index contributed by atoms with van der Waals surface area (Å²) in [6.07, 6.45) is -0.860. The molecule has 12 heteroatoms. The molecule has 3 atom stereocenters. The standard InChI is InChI=1S/C17H26N4O3.C2HF3O2/c1-20-15(2-5-19-20)17(22)18-8-12-11-24-16-10-21(9-14(12)16)13-3-6-23-7-4-13;3-2(4,5)1(6)7/h2,5,12-14,16H,3-4,6-11H2,1H3,(H,18,22);(H,6,7)/t12-,14+,16+;/m0./s1. The maximum Gasteiger partial charge on any atom is 0.490 e. The Balaban J connectivity index is 0.000000339. The van der Waals surface area contributed by atoms with E-state index in [-0.39, 0.29) is 5.91 Å². The van der Waals surface area contributed by atoms with Crippen LogP contribution in [0.15, 0.2) is 12.3 Å². The summed E-state index contributed by atoms with van der Waals surface area (Å²) in [5, 5.41) is 14.2. The van der Waals surface area contributed by atoms with Crippen LogP contribution in [0.4, 0.5) is 13.2 Å². The number of carboxylic acid groups (broad SMARTS) is 1. The number of fused-ring (bicyclic) bond motifs is 1. The Kier molecular flexibility index (Phi) is 7.55. The predicted molar refractivity (Wildman–Crippen MR) is 101 cm³/mol. The number of likely N-dealkylation sites (tertiary alicyclic amines) is 1. The lowest BCUT2D eigenvalue weighted by Crippen LogP contribution is -2.40. The average Bonchev–Trinajstić information content (AvgIpc) is 3.42. The molecule has 3 fully saturated rings. The SMILES string of the molecule is Cn1nccc1C(=O)NC[C@H]1CO[C@@H]2CN(C3CCOCC3)C[C@H]12.O=C(O)C(F)(F)F. The number of aliphatic carboxylic acids is 1. The number of aromatic nitrogens is 2. The molecular formula is C19H27F3N4O5. The Hall–Kier alpha value is -2.18. The van der Waals surface area contributed by atoms with Crippen LogP contribution in [0.2, 0.25) is 0 Å². The molecular weight excluding hydrogens is 421 g/mol. The number of nitrogens with one attached hydrogen (secondary N) is 1. The van der Waals surface area contributed by atoms with Crippen LogP contribution in [0.1, 0.15) is 23.3 Å². The van der Waals surface area contributed by atoms with Gasteiger partial charge in [0.05, 0.1) is 12.7 Å². The van der Waals surface area contributed by atoms with Crippen molar-refractivity contribution in [2.75, 3.05) is 39.5 Å². The molecule has 2 N–H and O–H groups in total. The largest absolute Gasteiger partial charge is 0.490 e. The number of carbonyl (C=O) groups excluding carboxylic acids is 1. The van der Waals surface area contributed by atoms with Gasteiger partial charge in [-0.2, -0.15) is 18.3 Å². The van der Waals surface area contributed by atoms with Gasteiger partial charge in [-0.15, -0.1) is 0 Å². The molecule has 0 aliphatic carbocycles. The summed E-state index contributed by atoms with van der Waals surface area (Å²) in [7, 11) is 1.78. The highest BCUT2D eigenvalue weighted by molar-refractivity contribution is 5.92. The molecule has 31 heavy (non-hydrogen) atoms. The van der Waals surface area contributed by atoms with Gasteiger partial charge in [-0.3, -0.25) is 14.4 Å². The number of aryl methyl sites for hydroxylation is 1. The summed E-state index contributed by atoms with van der Waals surface area (Å²) in [5.41, 5.74) is 0.598. The van der Waals surface area contributed by atoms with Crippen molar-refractivity contribution in [3.05, 3.63) is 18.0 Å². The van der Waals surface area contributed by atoms with Gasteiger partial charge in [0, 0.05) is 64.0 Å². The van der Waals surface area contributed by atoms with Crippen molar-refractivity contribution in [2.24, 2.45) is 18.9 Å². The molecule has 3 aliphatic rings. The Morgan fingerprint density at radius 1 is 1.29 bits per heavy atom. The lowest BCUT2D eigenvalue weighted by atomic mass is 9.93. The predicted octanol–water partition coefficient (Wildman–Crippen LogP) is 0.909. The lowest BCUT2D eigenvalue weighted by Gasteiger charge is -2.31. The van der Waals surface area contributed by atoms with E-state index in [9.17, 15) is 18.0 Å². The minimum absolute atomic E-state index is 0.0577. The van der Waals surface area contributed by atoms with Gasteiger partial charge in [-0.05, 0) is 18.9 Å². The van der Waals surface area contributed by atoms with Crippen molar-refractivity contribution in [1.29, 1.82) is 0 Å². The van der Waals surface area contributed by atoms with Crippen LogP contribution >= 0.6 is 0 Å². The Labute approximate surface area is 177 Å². The van der Waals surface area contributed by atoms with Crippen LogP contribution < -0.4 is 5.32 Å². The van der Waals surface area contributed by atoms with Crippen LogP contribution in [-0.4, -0.2) is 89.4 Å². The van der Waals surface area contributed by atoms with E-state index in [4.69, 9.17) is 19.4 Å². The number of rotatable bonds is 4. The van der Waals surface area contributed by atoms with Crippen LogP contribution in [0.25, 0.3) is 0 Å². The highest BCUT2D eigenvalue weighted by Gasteiger charge is 2.45. The first-order valence-electron chi connectivity index (χ1n) is 10.2. The molecule has 0 saturated carbocycles. The third-order valence-electron chi connectivity index (χ3n) is 6.00. The van der Waals surface area contributed by atoms with Crippen molar-refractivity contribution < 1.29 is 37.3 Å². The molecule has 0 unspecified atom stereocenters. The zero-order chi connectivity index (χ0) is 22.6. The summed E-state index contributed by atoms with van der Waals surface area (Å²) in [4.78, 5) is 23.7. The van der Waals surface area contributed by atoms with Gasteiger partial charge < -0.3 is 19.9 Å². The molecule has 3 aliphatic heterocycles. The van der Waals surface area contributed by atoms with Gasteiger partial charge in [0.25, 0.3) is 5.91 Å². The van der Waals surface area contributed by atoms with E-state index in [0.717, 1.165) is 45.8 Å². The molecule has 1 aromatic rings. The van der Waals surface area contributed by atoms with E-state index in [2.05, 4.69) is 15.3 Å². The van der Waals surface area contributed by atoms with E-state index in [0.29, 0.717) is 36.2 Å². The van der Waals surface area contributed by atoms with Crippen LogP contribution in [-0.2, 0) is 21.3 Å². The quantitative estimate of drug-likeness (QED) is 0.705. The lowest BCUT2D eigenvalue weighted by molar-refractivity contribution is -0.192. The summed E-state index contributed by atoms with van der Waals surface area (Å²) in [6, 6.07) is 2.38. The minimum Gasteiger partial charge on any atom is -0.475 e. The van der Waals surface area contributed by atoms with Crippen molar-refractivity contribution in [1.82, 2.24) is 20.0 Å². The summed E-state index contributed by atoms with van der Waals surface area (Å²) >= 11 is 0. The maximum atomic E-state index is 12.3. The fraction of sp³-hybridized carbons (Fsp3) is 0.737. The first-order chi connectivity index (χ1) is 14.7. The molecule has 174 valence electrons. The second kappa shape index (κ2) is 9.96. The van der Waals surface area contributed by atoms with Crippen molar-refractivity contribution >= 4 is 11.9 Å². The number of halogens is 3. The normalized spacial score (nSPS) is 26.8. The first-order valence-corrected chi connectivity index (χ1v) is 10.2. The highest BCUT2D eigenvalue weighted by atomic mass is 19.4. The maximum absolute atomic E-state index is 12.3. The minimum atomic E-state index is -5.08. The Bertz CT molecular complexity index is 766.